The summed E-state index contributed by atoms with van der Waals surface area (Å²) < 4.78 is 10.8. The van der Waals surface area contributed by atoms with Crippen molar-refractivity contribution in [1.82, 2.24) is 0 Å². The molecule has 2 atom stereocenters. The van der Waals surface area contributed by atoms with Crippen LogP contribution in [-0.2, 0) is 4.79 Å². The Kier molecular flexibility index (Phi) is 6.10. The Morgan fingerprint density at radius 3 is 2.75 bits per heavy atom. The fourth-order valence-corrected chi connectivity index (χ4v) is 3.75. The van der Waals surface area contributed by atoms with Crippen LogP contribution >= 0.6 is 0 Å². The molecular formula is C20H24N3O5+. The Morgan fingerprint density at radius 2 is 2.04 bits per heavy atom. The van der Waals surface area contributed by atoms with Crippen LogP contribution in [0, 0.1) is 10.1 Å². The van der Waals surface area contributed by atoms with Gasteiger partial charge in [0.15, 0.2) is 6.54 Å². The first-order valence-corrected chi connectivity index (χ1v) is 9.13. The summed E-state index contributed by atoms with van der Waals surface area (Å²) in [4.78, 5) is 24.3. The number of para-hydroxylation sites is 2. The molecule has 0 spiro atoms. The van der Waals surface area contributed by atoms with Gasteiger partial charge < -0.3 is 19.7 Å². The van der Waals surface area contributed by atoms with E-state index in [-0.39, 0.29) is 29.9 Å². The van der Waals surface area contributed by atoms with E-state index in [0.29, 0.717) is 0 Å². The van der Waals surface area contributed by atoms with Crippen molar-refractivity contribution in [2.45, 2.75) is 18.9 Å². The van der Waals surface area contributed by atoms with Crippen molar-refractivity contribution in [3.63, 3.8) is 0 Å². The number of hydrogen-bond donors (Lipinski definition) is 2. The third-order valence-electron chi connectivity index (χ3n) is 5.06. The highest BCUT2D eigenvalue weighted by atomic mass is 16.6. The summed E-state index contributed by atoms with van der Waals surface area (Å²) in [6.07, 6.45) is 1.91. The molecule has 0 aliphatic carbocycles. The van der Waals surface area contributed by atoms with Gasteiger partial charge in [0.2, 0.25) is 0 Å². The van der Waals surface area contributed by atoms with Crippen LogP contribution in [0.5, 0.6) is 11.5 Å². The molecule has 1 amide bonds. The third kappa shape index (κ3) is 4.23. The van der Waals surface area contributed by atoms with Gasteiger partial charge in [-0.15, -0.1) is 0 Å². The average molecular weight is 386 g/mol. The van der Waals surface area contributed by atoms with E-state index in [1.54, 1.807) is 26.4 Å². The van der Waals surface area contributed by atoms with Gasteiger partial charge in [0, 0.05) is 18.9 Å². The molecule has 2 N–H and O–H groups in total. The number of carbonyl (C=O) groups excluding carboxylic acids is 1. The molecular weight excluding hydrogens is 362 g/mol. The summed E-state index contributed by atoms with van der Waals surface area (Å²) >= 11 is 0. The predicted molar refractivity (Wildman–Crippen MR) is 104 cm³/mol. The third-order valence-corrected chi connectivity index (χ3v) is 5.06. The van der Waals surface area contributed by atoms with E-state index in [0.717, 1.165) is 41.3 Å². The van der Waals surface area contributed by atoms with Crippen molar-refractivity contribution in [2.24, 2.45) is 0 Å². The maximum Gasteiger partial charge on any atom is 0.292 e. The Bertz CT molecular complexity index is 871. The van der Waals surface area contributed by atoms with E-state index >= 15 is 0 Å². The summed E-state index contributed by atoms with van der Waals surface area (Å²) in [5.74, 6) is 1.26. The van der Waals surface area contributed by atoms with Gasteiger partial charge in [0.05, 0.1) is 31.3 Å². The smallest absolute Gasteiger partial charge is 0.292 e. The molecule has 0 bridgehead atoms. The van der Waals surface area contributed by atoms with Crippen molar-refractivity contribution in [3.05, 3.63) is 58.1 Å². The molecule has 1 aliphatic heterocycles. The van der Waals surface area contributed by atoms with E-state index in [9.17, 15) is 14.9 Å². The fourth-order valence-electron chi connectivity index (χ4n) is 3.75. The number of carbonyl (C=O) groups is 1. The lowest BCUT2D eigenvalue weighted by Crippen LogP contribution is -3.11. The molecule has 1 unspecified atom stereocenters. The fraction of sp³-hybridized carbons (Fsp3) is 0.350. The van der Waals surface area contributed by atoms with Gasteiger partial charge in [0.1, 0.15) is 23.2 Å². The zero-order chi connectivity index (χ0) is 20.1. The number of rotatable bonds is 7. The molecule has 0 aromatic heterocycles. The van der Waals surface area contributed by atoms with Crippen molar-refractivity contribution in [3.8, 4) is 11.5 Å². The first kappa shape index (κ1) is 19.6. The molecule has 1 saturated heterocycles. The molecule has 8 nitrogen and oxygen atoms in total. The number of hydrogen-bond acceptors (Lipinski definition) is 5. The quantitative estimate of drug-likeness (QED) is 0.560. The Labute approximate surface area is 163 Å². The SMILES string of the molecule is COc1ccc(OC)c([C@@H]2CCC[NH+]2CC(=O)Nc2ccccc2[N+](=O)[O-])c1. The second kappa shape index (κ2) is 8.71. The van der Waals surface area contributed by atoms with Crippen LogP contribution in [0.4, 0.5) is 11.4 Å². The number of amides is 1. The van der Waals surface area contributed by atoms with Crippen molar-refractivity contribution in [2.75, 3.05) is 32.6 Å². The van der Waals surface area contributed by atoms with Crippen molar-refractivity contribution < 1.29 is 24.1 Å². The summed E-state index contributed by atoms with van der Waals surface area (Å²) in [7, 11) is 3.24. The standard InChI is InChI=1S/C20H23N3O5/c1-27-14-9-10-19(28-2)15(12-14)17-8-5-11-22(17)13-20(24)21-16-6-3-4-7-18(16)23(25)26/h3-4,6-7,9-10,12,17H,5,8,11,13H2,1-2H3,(H,21,24)/p+1/t17-/m0/s1. The molecule has 148 valence electrons. The number of benzene rings is 2. The molecule has 1 aliphatic rings. The summed E-state index contributed by atoms with van der Waals surface area (Å²) in [6.45, 7) is 1.06. The number of likely N-dealkylation sites (tertiary alicyclic amines) is 1. The minimum atomic E-state index is -0.498. The number of quaternary nitrogens is 1. The van der Waals surface area contributed by atoms with Crippen LogP contribution in [0.2, 0.25) is 0 Å². The van der Waals surface area contributed by atoms with Gasteiger partial charge in [-0.1, -0.05) is 12.1 Å². The minimum Gasteiger partial charge on any atom is -0.497 e. The molecule has 0 radical (unpaired) electrons. The average Bonchev–Trinajstić information content (AvgIpc) is 3.15. The van der Waals surface area contributed by atoms with Crippen molar-refractivity contribution in [1.29, 1.82) is 0 Å². The van der Waals surface area contributed by atoms with Gasteiger partial charge in [-0.25, -0.2) is 0 Å². The molecule has 0 saturated carbocycles. The molecule has 28 heavy (non-hydrogen) atoms. The maximum absolute atomic E-state index is 12.6. The topological polar surface area (TPSA) is 95.1 Å². The zero-order valence-corrected chi connectivity index (χ0v) is 15.9. The van der Waals surface area contributed by atoms with E-state index in [2.05, 4.69) is 5.32 Å². The summed E-state index contributed by atoms with van der Waals surface area (Å²) in [5.41, 5.74) is 1.11. The van der Waals surface area contributed by atoms with E-state index in [1.807, 2.05) is 18.2 Å². The van der Waals surface area contributed by atoms with Crippen LogP contribution in [-0.4, -0.2) is 38.1 Å². The van der Waals surface area contributed by atoms with E-state index < -0.39 is 4.92 Å². The lowest BCUT2D eigenvalue weighted by molar-refractivity contribution is -0.910. The van der Waals surface area contributed by atoms with Gasteiger partial charge in [-0.2, -0.15) is 0 Å². The van der Waals surface area contributed by atoms with Crippen LogP contribution in [0.25, 0.3) is 0 Å². The molecule has 1 heterocycles. The van der Waals surface area contributed by atoms with Crippen molar-refractivity contribution >= 4 is 17.3 Å². The highest BCUT2D eigenvalue weighted by molar-refractivity contribution is 5.93. The molecule has 3 rings (SSSR count). The first-order chi connectivity index (χ1) is 13.5. The van der Waals surface area contributed by atoms with Gasteiger partial charge in [-0.3, -0.25) is 14.9 Å². The predicted octanol–water partition coefficient (Wildman–Crippen LogP) is 1.97. The molecule has 1 fully saturated rings. The lowest BCUT2D eigenvalue weighted by atomic mass is 10.0. The first-order valence-electron chi connectivity index (χ1n) is 9.13. The highest BCUT2D eigenvalue weighted by Crippen LogP contribution is 2.31. The van der Waals surface area contributed by atoms with Gasteiger partial charge in [0.25, 0.3) is 11.6 Å². The monoisotopic (exact) mass is 386 g/mol. The second-order valence-electron chi connectivity index (χ2n) is 6.71. The second-order valence-corrected chi connectivity index (χ2v) is 6.71. The van der Waals surface area contributed by atoms with Gasteiger partial charge >= 0.3 is 0 Å². The number of nitro groups is 1. The maximum atomic E-state index is 12.6. The zero-order valence-electron chi connectivity index (χ0n) is 15.9. The highest BCUT2D eigenvalue weighted by Gasteiger charge is 2.34. The Morgan fingerprint density at radius 1 is 1.25 bits per heavy atom. The molecule has 2 aromatic rings. The number of nitro benzene ring substituents is 1. The number of ether oxygens (including phenoxy) is 2. The Hall–Kier alpha value is -3.13. The molecule has 8 heteroatoms. The number of methoxy groups -OCH3 is 2. The van der Waals surface area contributed by atoms with Crippen LogP contribution in [0.3, 0.4) is 0 Å². The Balaban J connectivity index is 1.76. The minimum absolute atomic E-state index is 0.0987. The van der Waals surface area contributed by atoms with Gasteiger partial charge in [-0.05, 0) is 24.3 Å². The number of nitrogens with one attached hydrogen (secondary N) is 2. The normalized spacial score (nSPS) is 18.5. The van der Waals surface area contributed by atoms with E-state index in [4.69, 9.17) is 9.47 Å². The van der Waals surface area contributed by atoms with Crippen LogP contribution in [0.1, 0.15) is 24.4 Å². The summed E-state index contributed by atoms with van der Waals surface area (Å²) in [5, 5.41) is 13.8. The summed E-state index contributed by atoms with van der Waals surface area (Å²) in [6, 6.07) is 11.9. The number of anilines is 1. The van der Waals surface area contributed by atoms with Crippen LogP contribution < -0.4 is 19.7 Å². The largest absolute Gasteiger partial charge is 0.497 e. The number of nitrogens with zero attached hydrogens (tertiary/aromatic N) is 1. The van der Waals surface area contributed by atoms with Crippen LogP contribution in [0.15, 0.2) is 42.5 Å². The van der Waals surface area contributed by atoms with E-state index in [1.165, 1.54) is 12.1 Å². The molecule has 2 aromatic carbocycles. The lowest BCUT2D eigenvalue weighted by Gasteiger charge is -2.23.